The van der Waals surface area contributed by atoms with Crippen molar-refractivity contribution in [3.05, 3.63) is 71.5 Å². The van der Waals surface area contributed by atoms with Gasteiger partial charge in [-0.05, 0) is 24.1 Å². The number of piperidine rings is 1. The van der Waals surface area contributed by atoms with Gasteiger partial charge in [-0.15, -0.1) is 0 Å². The van der Waals surface area contributed by atoms with Gasteiger partial charge in [-0.1, -0.05) is 42.5 Å². The van der Waals surface area contributed by atoms with Crippen molar-refractivity contribution in [2.45, 2.75) is 18.6 Å². The molecule has 0 bridgehead atoms. The van der Waals surface area contributed by atoms with Crippen molar-refractivity contribution in [2.75, 3.05) is 6.61 Å². The number of nitrogens with one attached hydrogen (secondary N) is 1. The van der Waals surface area contributed by atoms with Gasteiger partial charge in [0.15, 0.2) is 0 Å². The number of ether oxygens (including phenoxy) is 1. The third-order valence-electron chi connectivity index (χ3n) is 4.95. The number of hydrogen-bond acceptors (Lipinski definition) is 3. The number of rotatable bonds is 2. The van der Waals surface area contributed by atoms with Crippen LogP contribution < -0.4 is 5.32 Å². The van der Waals surface area contributed by atoms with E-state index in [4.69, 9.17) is 4.74 Å². The van der Waals surface area contributed by atoms with Gasteiger partial charge in [0.2, 0.25) is 0 Å². The van der Waals surface area contributed by atoms with Gasteiger partial charge in [0.25, 0.3) is 0 Å². The van der Waals surface area contributed by atoms with E-state index in [1.807, 2.05) is 18.2 Å². The van der Waals surface area contributed by atoms with Crippen LogP contribution in [0.15, 0.2) is 60.3 Å². The van der Waals surface area contributed by atoms with Crippen LogP contribution in [0.25, 0.3) is 0 Å². The molecular weight excluding hydrogens is 290 g/mol. The molecule has 0 spiro atoms. The second-order valence-corrected chi connectivity index (χ2v) is 6.21. The highest BCUT2D eigenvalue weighted by atomic mass is 16.5. The van der Waals surface area contributed by atoms with E-state index in [0.717, 1.165) is 17.7 Å². The molecule has 0 amide bonds. The molecule has 2 N–H and O–H groups in total. The topological polar surface area (TPSA) is 58.6 Å². The average Bonchev–Trinajstić information content (AvgIpc) is 2.61. The van der Waals surface area contributed by atoms with Crippen molar-refractivity contribution < 1.29 is 14.6 Å². The van der Waals surface area contributed by atoms with E-state index in [9.17, 15) is 9.90 Å². The Morgan fingerprint density at radius 1 is 1.26 bits per heavy atom. The maximum Gasteiger partial charge on any atom is 0.336 e. The molecule has 4 atom stereocenters. The SMILES string of the molecule is O=C(O)c1ccccc1C1NC2=CC=CCC2C2OCC=CC12. The lowest BCUT2D eigenvalue weighted by Crippen LogP contribution is -2.49. The fourth-order valence-corrected chi connectivity index (χ4v) is 3.92. The number of allylic oxidation sites excluding steroid dienone is 3. The Labute approximate surface area is 135 Å². The summed E-state index contributed by atoms with van der Waals surface area (Å²) >= 11 is 0. The summed E-state index contributed by atoms with van der Waals surface area (Å²) in [5.41, 5.74) is 2.32. The van der Waals surface area contributed by atoms with Crippen LogP contribution in [0.2, 0.25) is 0 Å². The Morgan fingerprint density at radius 3 is 3.00 bits per heavy atom. The molecule has 1 aromatic rings. The molecule has 4 heteroatoms. The Balaban J connectivity index is 1.79. The molecule has 0 radical (unpaired) electrons. The lowest BCUT2D eigenvalue weighted by Gasteiger charge is -2.46. The Morgan fingerprint density at radius 2 is 2.13 bits per heavy atom. The Kier molecular flexibility index (Phi) is 3.54. The normalized spacial score (nSPS) is 31.6. The molecule has 2 aliphatic heterocycles. The molecule has 1 aromatic carbocycles. The first-order valence-corrected chi connectivity index (χ1v) is 7.99. The molecule has 2 heterocycles. The predicted molar refractivity (Wildman–Crippen MR) is 87.0 cm³/mol. The monoisotopic (exact) mass is 309 g/mol. The summed E-state index contributed by atoms with van der Waals surface area (Å²) in [6.45, 7) is 0.627. The number of benzene rings is 1. The second kappa shape index (κ2) is 5.70. The van der Waals surface area contributed by atoms with E-state index < -0.39 is 5.97 Å². The van der Waals surface area contributed by atoms with Gasteiger partial charge in [-0.25, -0.2) is 4.79 Å². The lowest BCUT2D eigenvalue weighted by atomic mass is 9.73. The molecule has 1 fully saturated rings. The number of fused-ring (bicyclic) bond motifs is 3. The molecule has 4 rings (SSSR count). The van der Waals surface area contributed by atoms with E-state index in [1.54, 1.807) is 12.1 Å². The van der Waals surface area contributed by atoms with Crippen LogP contribution in [-0.4, -0.2) is 23.8 Å². The predicted octanol–water partition coefficient (Wildman–Crippen LogP) is 3.06. The lowest BCUT2D eigenvalue weighted by molar-refractivity contribution is -0.0256. The van der Waals surface area contributed by atoms with Crippen molar-refractivity contribution in [2.24, 2.45) is 11.8 Å². The largest absolute Gasteiger partial charge is 0.478 e. The minimum atomic E-state index is -0.890. The summed E-state index contributed by atoms with van der Waals surface area (Å²) in [5.74, 6) is -0.430. The highest BCUT2D eigenvalue weighted by Crippen LogP contribution is 2.43. The highest BCUT2D eigenvalue weighted by molar-refractivity contribution is 5.89. The fourth-order valence-electron chi connectivity index (χ4n) is 3.92. The van der Waals surface area contributed by atoms with Crippen molar-refractivity contribution in [3.8, 4) is 0 Å². The maximum atomic E-state index is 11.6. The van der Waals surface area contributed by atoms with Crippen LogP contribution in [0, 0.1) is 11.8 Å². The quantitative estimate of drug-likeness (QED) is 0.824. The third-order valence-corrected chi connectivity index (χ3v) is 4.95. The molecule has 1 aliphatic carbocycles. The standard InChI is InChI=1S/C19H19NO3/c21-19(22)13-7-2-1-6-12(13)17-15-9-5-11-23-18(15)14-8-3-4-10-16(14)20-17/h1-7,9-10,14-15,17-18,20H,8,11H2,(H,21,22). The van der Waals surface area contributed by atoms with Gasteiger partial charge in [0.1, 0.15) is 0 Å². The molecule has 23 heavy (non-hydrogen) atoms. The second-order valence-electron chi connectivity index (χ2n) is 6.21. The van der Waals surface area contributed by atoms with Crippen LogP contribution in [0.3, 0.4) is 0 Å². The zero-order valence-corrected chi connectivity index (χ0v) is 12.7. The third kappa shape index (κ3) is 2.39. The first kappa shape index (κ1) is 14.3. The summed E-state index contributed by atoms with van der Waals surface area (Å²) in [7, 11) is 0. The molecule has 4 unspecified atom stereocenters. The highest BCUT2D eigenvalue weighted by Gasteiger charge is 2.43. The van der Waals surface area contributed by atoms with E-state index >= 15 is 0 Å². The molecule has 4 nitrogen and oxygen atoms in total. The molecule has 0 saturated carbocycles. The van der Waals surface area contributed by atoms with Gasteiger partial charge in [0, 0.05) is 17.5 Å². The molecular formula is C19H19NO3. The van der Waals surface area contributed by atoms with Crippen LogP contribution in [0.1, 0.15) is 28.4 Å². The van der Waals surface area contributed by atoms with E-state index in [2.05, 4.69) is 29.6 Å². The molecule has 3 aliphatic rings. The van der Waals surface area contributed by atoms with E-state index in [0.29, 0.717) is 18.1 Å². The first-order valence-electron chi connectivity index (χ1n) is 7.99. The molecule has 0 aromatic heterocycles. The van der Waals surface area contributed by atoms with Crippen LogP contribution >= 0.6 is 0 Å². The van der Waals surface area contributed by atoms with Crippen molar-refractivity contribution in [3.63, 3.8) is 0 Å². The maximum absolute atomic E-state index is 11.6. The summed E-state index contributed by atoms with van der Waals surface area (Å²) < 4.78 is 6.05. The van der Waals surface area contributed by atoms with Crippen LogP contribution in [0.5, 0.6) is 0 Å². The molecule has 1 saturated heterocycles. The van der Waals surface area contributed by atoms with Gasteiger partial charge < -0.3 is 15.2 Å². The summed E-state index contributed by atoms with van der Waals surface area (Å²) in [5, 5.41) is 13.1. The summed E-state index contributed by atoms with van der Waals surface area (Å²) in [4.78, 5) is 11.6. The number of carboxylic acid groups (broad SMARTS) is 1. The smallest absolute Gasteiger partial charge is 0.336 e. The van der Waals surface area contributed by atoms with E-state index in [-0.39, 0.29) is 18.1 Å². The van der Waals surface area contributed by atoms with E-state index in [1.165, 1.54) is 0 Å². The fraction of sp³-hybridized carbons (Fsp3) is 0.316. The Bertz CT molecular complexity index is 719. The number of carbonyl (C=O) groups is 1. The number of aromatic carboxylic acids is 1. The van der Waals surface area contributed by atoms with Crippen molar-refractivity contribution in [1.29, 1.82) is 0 Å². The van der Waals surface area contributed by atoms with Gasteiger partial charge in [-0.2, -0.15) is 0 Å². The number of carboxylic acids is 1. The van der Waals surface area contributed by atoms with Crippen molar-refractivity contribution in [1.82, 2.24) is 5.32 Å². The van der Waals surface area contributed by atoms with Crippen LogP contribution in [-0.2, 0) is 4.74 Å². The zero-order valence-electron chi connectivity index (χ0n) is 12.7. The molecule has 118 valence electrons. The number of hydrogen-bond donors (Lipinski definition) is 2. The summed E-state index contributed by atoms with van der Waals surface area (Å²) in [6, 6.07) is 7.15. The van der Waals surface area contributed by atoms with Gasteiger partial charge in [-0.3, -0.25) is 0 Å². The van der Waals surface area contributed by atoms with Gasteiger partial charge in [0.05, 0.1) is 24.3 Å². The first-order chi connectivity index (χ1) is 11.3. The minimum Gasteiger partial charge on any atom is -0.478 e. The van der Waals surface area contributed by atoms with Gasteiger partial charge >= 0.3 is 5.97 Å². The Hall–Kier alpha value is -2.33. The minimum absolute atomic E-state index is 0.0853. The average molecular weight is 309 g/mol. The zero-order chi connectivity index (χ0) is 15.8. The van der Waals surface area contributed by atoms with Crippen molar-refractivity contribution >= 4 is 5.97 Å². The summed E-state index contributed by atoms with van der Waals surface area (Å²) in [6.07, 6.45) is 11.6. The van der Waals surface area contributed by atoms with Crippen LogP contribution in [0.4, 0.5) is 0 Å².